The number of benzene rings is 1. The first-order valence-electron chi connectivity index (χ1n) is 4.54. The fourth-order valence-corrected chi connectivity index (χ4v) is 1.06. The van der Waals surface area contributed by atoms with Crippen LogP contribution in [0.4, 0.5) is 0 Å². The normalized spacial score (nSPS) is 9.93. The Morgan fingerprint density at radius 2 is 2.07 bits per heavy atom. The van der Waals surface area contributed by atoms with Crippen LogP contribution in [0.3, 0.4) is 0 Å². The van der Waals surface area contributed by atoms with E-state index in [9.17, 15) is 4.79 Å². The van der Waals surface area contributed by atoms with Crippen LogP contribution in [0.5, 0.6) is 0 Å². The summed E-state index contributed by atoms with van der Waals surface area (Å²) >= 11 is 0. The minimum absolute atomic E-state index is 0.0302. The van der Waals surface area contributed by atoms with Crippen molar-refractivity contribution in [3.8, 4) is 12.3 Å². The van der Waals surface area contributed by atoms with Crippen LogP contribution >= 0.6 is 0 Å². The summed E-state index contributed by atoms with van der Waals surface area (Å²) in [6.45, 7) is 0. The molecule has 0 aliphatic heterocycles. The van der Waals surface area contributed by atoms with Gasteiger partial charge in [-0.05, 0) is 12.5 Å². The summed E-state index contributed by atoms with van der Waals surface area (Å²) in [5.41, 5.74) is 0.712. The smallest absolute Gasteiger partial charge is 0.185 e. The van der Waals surface area contributed by atoms with Gasteiger partial charge in [-0.15, -0.1) is 12.3 Å². The summed E-state index contributed by atoms with van der Waals surface area (Å²) in [6.07, 6.45) is 9.92. The van der Waals surface area contributed by atoms with Gasteiger partial charge in [0.15, 0.2) is 5.78 Å². The fraction of sp³-hybridized carbons (Fsp3) is 0.154. The molecule has 0 heterocycles. The van der Waals surface area contributed by atoms with E-state index < -0.39 is 0 Å². The first-order valence-corrected chi connectivity index (χ1v) is 4.54. The minimum Gasteiger partial charge on any atom is -0.289 e. The molecule has 0 bridgehead atoms. The lowest BCUT2D eigenvalue weighted by molar-refractivity contribution is 0.104. The molecule has 0 aliphatic rings. The highest BCUT2D eigenvalue weighted by molar-refractivity contribution is 6.04. The van der Waals surface area contributed by atoms with Gasteiger partial charge in [0.1, 0.15) is 0 Å². The zero-order valence-corrected chi connectivity index (χ0v) is 7.94. The van der Waals surface area contributed by atoms with Gasteiger partial charge in [0.2, 0.25) is 0 Å². The molecule has 1 aromatic carbocycles. The largest absolute Gasteiger partial charge is 0.289 e. The van der Waals surface area contributed by atoms with Gasteiger partial charge in [-0.3, -0.25) is 4.79 Å². The second-order valence-corrected chi connectivity index (χ2v) is 2.88. The van der Waals surface area contributed by atoms with E-state index in [2.05, 4.69) is 5.92 Å². The predicted molar refractivity (Wildman–Crippen MR) is 58.0 cm³/mol. The summed E-state index contributed by atoms with van der Waals surface area (Å²) in [4.78, 5) is 11.5. The molecule has 1 rings (SSSR count). The molecule has 0 fully saturated rings. The van der Waals surface area contributed by atoms with E-state index in [0.29, 0.717) is 12.0 Å². The van der Waals surface area contributed by atoms with Crippen LogP contribution < -0.4 is 0 Å². The van der Waals surface area contributed by atoms with Gasteiger partial charge in [-0.25, -0.2) is 0 Å². The average Bonchev–Trinajstić information content (AvgIpc) is 2.25. The molecule has 0 unspecified atom stereocenters. The van der Waals surface area contributed by atoms with Crippen LogP contribution in [0.25, 0.3) is 0 Å². The maximum atomic E-state index is 11.5. The second-order valence-electron chi connectivity index (χ2n) is 2.88. The number of unbranched alkanes of at least 4 members (excludes halogenated alkanes) is 1. The lowest BCUT2D eigenvalue weighted by Gasteiger charge is -1.92. The first kappa shape index (κ1) is 10.3. The van der Waals surface area contributed by atoms with E-state index in [-0.39, 0.29) is 5.78 Å². The summed E-state index contributed by atoms with van der Waals surface area (Å²) in [5.74, 6) is 2.55. The van der Waals surface area contributed by atoms with Crippen molar-refractivity contribution in [2.24, 2.45) is 0 Å². The quantitative estimate of drug-likeness (QED) is 0.304. The van der Waals surface area contributed by atoms with Crippen LogP contribution in [0.1, 0.15) is 23.2 Å². The molecule has 70 valence electrons. The molecule has 0 N–H and O–H groups in total. The van der Waals surface area contributed by atoms with E-state index in [0.717, 1.165) is 6.42 Å². The van der Waals surface area contributed by atoms with Gasteiger partial charge in [0.25, 0.3) is 0 Å². The lowest BCUT2D eigenvalue weighted by Crippen LogP contribution is -1.92. The summed E-state index contributed by atoms with van der Waals surface area (Å²) in [6, 6.07) is 9.19. The lowest BCUT2D eigenvalue weighted by atomic mass is 10.1. The van der Waals surface area contributed by atoms with E-state index in [4.69, 9.17) is 6.42 Å². The van der Waals surface area contributed by atoms with Gasteiger partial charge >= 0.3 is 0 Å². The van der Waals surface area contributed by atoms with Gasteiger partial charge in [0, 0.05) is 12.0 Å². The molecule has 0 aromatic heterocycles. The van der Waals surface area contributed by atoms with Crippen molar-refractivity contribution in [2.75, 3.05) is 0 Å². The number of hydrogen-bond donors (Lipinski definition) is 0. The number of terminal acetylenes is 1. The molecule has 0 amide bonds. The van der Waals surface area contributed by atoms with Crippen LogP contribution in [0.15, 0.2) is 42.5 Å². The average molecular weight is 184 g/mol. The molecule has 14 heavy (non-hydrogen) atoms. The number of carbonyl (C=O) groups excluding carboxylic acids is 1. The van der Waals surface area contributed by atoms with Crippen LogP contribution in [0, 0.1) is 12.3 Å². The molecule has 1 aromatic rings. The summed E-state index contributed by atoms with van der Waals surface area (Å²) < 4.78 is 0. The van der Waals surface area contributed by atoms with Crippen molar-refractivity contribution in [2.45, 2.75) is 12.8 Å². The Morgan fingerprint density at radius 1 is 1.36 bits per heavy atom. The third-order valence-electron chi connectivity index (χ3n) is 1.78. The number of rotatable bonds is 4. The standard InChI is InChI=1S/C13H12O/c1-2-3-4-8-11-13(14)12-9-6-5-7-10-12/h1,5-11H,3-4H2/b11-8+. The predicted octanol–water partition coefficient (Wildman–Crippen LogP) is 2.84. The summed E-state index contributed by atoms with van der Waals surface area (Å²) in [7, 11) is 0. The highest BCUT2D eigenvalue weighted by atomic mass is 16.1. The maximum absolute atomic E-state index is 11.5. The Kier molecular flexibility index (Phi) is 4.23. The highest BCUT2D eigenvalue weighted by Gasteiger charge is 1.97. The van der Waals surface area contributed by atoms with E-state index in [1.165, 1.54) is 0 Å². The number of carbonyl (C=O) groups is 1. The Labute approximate surface area is 84.5 Å². The zero-order valence-electron chi connectivity index (χ0n) is 7.94. The molecule has 0 saturated heterocycles. The van der Waals surface area contributed by atoms with Crippen molar-refractivity contribution in [3.63, 3.8) is 0 Å². The Morgan fingerprint density at radius 3 is 2.71 bits per heavy atom. The van der Waals surface area contributed by atoms with E-state index in [1.54, 1.807) is 18.2 Å². The van der Waals surface area contributed by atoms with Crippen LogP contribution in [-0.4, -0.2) is 5.78 Å². The second kappa shape index (κ2) is 5.77. The third kappa shape index (κ3) is 3.28. The number of hydrogen-bond acceptors (Lipinski definition) is 1. The van der Waals surface area contributed by atoms with Crippen molar-refractivity contribution in [3.05, 3.63) is 48.0 Å². The van der Waals surface area contributed by atoms with Crippen LogP contribution in [-0.2, 0) is 0 Å². The van der Waals surface area contributed by atoms with Crippen molar-refractivity contribution in [1.82, 2.24) is 0 Å². The molecule has 0 atom stereocenters. The van der Waals surface area contributed by atoms with Crippen LogP contribution in [0.2, 0.25) is 0 Å². The Bertz CT molecular complexity index is 355. The Hall–Kier alpha value is -1.81. The SMILES string of the molecule is C#CCC/C=C/C(=O)c1ccccc1. The molecular formula is C13H12O. The first-order chi connectivity index (χ1) is 6.84. The van der Waals surface area contributed by atoms with Crippen molar-refractivity contribution < 1.29 is 4.79 Å². The van der Waals surface area contributed by atoms with Gasteiger partial charge in [-0.2, -0.15) is 0 Å². The Balaban J connectivity index is 2.52. The van der Waals surface area contributed by atoms with Gasteiger partial charge in [-0.1, -0.05) is 36.4 Å². The topological polar surface area (TPSA) is 17.1 Å². The zero-order chi connectivity index (χ0) is 10.2. The maximum Gasteiger partial charge on any atom is 0.185 e. The van der Waals surface area contributed by atoms with Crippen molar-refractivity contribution in [1.29, 1.82) is 0 Å². The molecule has 0 saturated carbocycles. The van der Waals surface area contributed by atoms with E-state index in [1.807, 2.05) is 24.3 Å². The monoisotopic (exact) mass is 184 g/mol. The molecular weight excluding hydrogens is 172 g/mol. The van der Waals surface area contributed by atoms with Gasteiger partial charge in [0.05, 0.1) is 0 Å². The summed E-state index contributed by atoms with van der Waals surface area (Å²) in [5, 5.41) is 0. The van der Waals surface area contributed by atoms with Crippen molar-refractivity contribution >= 4 is 5.78 Å². The molecule has 1 nitrogen and oxygen atoms in total. The van der Waals surface area contributed by atoms with E-state index >= 15 is 0 Å². The number of ketones is 1. The fourth-order valence-electron chi connectivity index (χ4n) is 1.06. The minimum atomic E-state index is 0.0302. The number of allylic oxidation sites excluding steroid dienone is 2. The molecule has 1 heteroatoms. The highest BCUT2D eigenvalue weighted by Crippen LogP contribution is 2.01. The van der Waals surface area contributed by atoms with Gasteiger partial charge < -0.3 is 0 Å². The molecule has 0 radical (unpaired) electrons. The third-order valence-corrected chi connectivity index (χ3v) is 1.78. The molecule has 0 spiro atoms. The molecule has 0 aliphatic carbocycles.